The summed E-state index contributed by atoms with van der Waals surface area (Å²) in [7, 11) is 0. The van der Waals surface area contributed by atoms with Gasteiger partial charge in [0, 0.05) is 19.0 Å². The molecule has 0 amide bonds. The number of aromatic nitrogens is 1. The number of nitrogens with one attached hydrogen (secondary N) is 1. The van der Waals surface area contributed by atoms with Crippen molar-refractivity contribution in [1.29, 1.82) is 0 Å². The van der Waals surface area contributed by atoms with E-state index in [1.54, 1.807) is 0 Å². The third kappa shape index (κ3) is 3.51. The lowest BCUT2D eigenvalue weighted by atomic mass is 10.1. The highest BCUT2D eigenvalue weighted by molar-refractivity contribution is 5.76. The summed E-state index contributed by atoms with van der Waals surface area (Å²) in [4.78, 5) is 10.0. The maximum Gasteiger partial charge on any atom is 0.0561 e. The van der Waals surface area contributed by atoms with Crippen LogP contribution in [0.2, 0.25) is 0 Å². The zero-order valence-electron chi connectivity index (χ0n) is 9.15. The number of hydrogen-bond acceptors (Lipinski definition) is 2. The first kappa shape index (κ1) is 10.4. The Labute approximate surface area is 91.2 Å². The predicted molar refractivity (Wildman–Crippen MR) is 63.5 cm³/mol. The Hall–Kier alpha value is -1.09. The van der Waals surface area contributed by atoms with Gasteiger partial charge in [0.2, 0.25) is 0 Å². The van der Waals surface area contributed by atoms with Gasteiger partial charge in [-0.3, -0.25) is 4.99 Å². The van der Waals surface area contributed by atoms with Crippen molar-refractivity contribution < 1.29 is 0 Å². The Morgan fingerprint density at radius 3 is 2.93 bits per heavy atom. The first-order valence-corrected chi connectivity index (χ1v) is 5.81. The molecule has 0 atom stereocenters. The first-order chi connectivity index (χ1) is 7.45. The molecule has 0 bridgehead atoms. The lowest BCUT2D eigenvalue weighted by molar-refractivity contribution is 0.235. The maximum absolute atomic E-state index is 4.41. The van der Waals surface area contributed by atoms with Crippen LogP contribution in [0.3, 0.4) is 0 Å². The molecule has 2 rings (SSSR count). The van der Waals surface area contributed by atoms with Crippen LogP contribution in [0.15, 0.2) is 23.3 Å². The molecule has 3 heteroatoms. The minimum absolute atomic E-state index is 0.916. The van der Waals surface area contributed by atoms with Gasteiger partial charge in [-0.1, -0.05) is 6.42 Å². The molecule has 1 fully saturated rings. The highest BCUT2D eigenvalue weighted by Gasteiger charge is 2.08. The fourth-order valence-electron chi connectivity index (χ4n) is 1.97. The van der Waals surface area contributed by atoms with Gasteiger partial charge >= 0.3 is 0 Å². The fourth-order valence-corrected chi connectivity index (χ4v) is 1.97. The molecule has 0 saturated carbocycles. The van der Waals surface area contributed by atoms with Crippen LogP contribution in [0.1, 0.15) is 25.0 Å². The minimum atomic E-state index is 0.916. The molecule has 82 valence electrons. The number of hydrogen-bond donors (Lipinski definition) is 1. The van der Waals surface area contributed by atoms with Crippen molar-refractivity contribution in [2.75, 3.05) is 26.2 Å². The van der Waals surface area contributed by atoms with E-state index in [-0.39, 0.29) is 0 Å². The van der Waals surface area contributed by atoms with Crippen LogP contribution >= 0.6 is 0 Å². The summed E-state index contributed by atoms with van der Waals surface area (Å²) in [6.07, 6.45) is 7.97. The topological polar surface area (TPSA) is 31.4 Å². The summed E-state index contributed by atoms with van der Waals surface area (Å²) < 4.78 is 0. The lowest BCUT2D eigenvalue weighted by Gasteiger charge is -2.25. The molecule has 0 unspecified atom stereocenters. The van der Waals surface area contributed by atoms with Gasteiger partial charge in [-0.15, -0.1) is 0 Å². The van der Waals surface area contributed by atoms with E-state index in [4.69, 9.17) is 0 Å². The predicted octanol–water partition coefficient (Wildman–Crippen LogP) is 1.92. The first-order valence-electron chi connectivity index (χ1n) is 5.81. The van der Waals surface area contributed by atoms with Crippen LogP contribution in [-0.4, -0.2) is 42.3 Å². The van der Waals surface area contributed by atoms with Gasteiger partial charge in [0.05, 0.1) is 12.2 Å². The third-order valence-corrected chi connectivity index (χ3v) is 2.85. The van der Waals surface area contributed by atoms with E-state index in [9.17, 15) is 0 Å². The number of piperidine rings is 1. The van der Waals surface area contributed by atoms with E-state index in [1.165, 1.54) is 32.4 Å². The number of aromatic amines is 1. The van der Waals surface area contributed by atoms with Crippen LogP contribution in [0.5, 0.6) is 0 Å². The van der Waals surface area contributed by atoms with Crippen molar-refractivity contribution in [2.24, 2.45) is 4.99 Å². The van der Waals surface area contributed by atoms with E-state index in [1.807, 2.05) is 24.5 Å². The van der Waals surface area contributed by atoms with E-state index >= 15 is 0 Å². The molecule has 1 aliphatic rings. The van der Waals surface area contributed by atoms with Crippen molar-refractivity contribution in [3.63, 3.8) is 0 Å². The molecule has 1 N–H and O–H groups in total. The molecule has 1 aromatic heterocycles. The fraction of sp³-hybridized carbons (Fsp3) is 0.583. The third-order valence-electron chi connectivity index (χ3n) is 2.85. The summed E-state index contributed by atoms with van der Waals surface area (Å²) in [5.41, 5.74) is 1.09. The van der Waals surface area contributed by atoms with E-state index in [0.29, 0.717) is 0 Å². The molecule has 0 radical (unpaired) electrons. The zero-order chi connectivity index (χ0) is 10.3. The molecule has 0 spiro atoms. The standard InChI is InChI=1S/C12H19N3/c1-2-8-15(9-3-1)10-7-13-11-12-5-4-6-14-12/h4-6,11,14H,1-3,7-10H2/b13-11+. The highest BCUT2D eigenvalue weighted by atomic mass is 15.1. The second kappa shape index (κ2) is 5.71. The molecule has 1 saturated heterocycles. The highest BCUT2D eigenvalue weighted by Crippen LogP contribution is 2.07. The summed E-state index contributed by atoms with van der Waals surface area (Å²) in [6.45, 7) is 4.55. The molecule has 0 aliphatic carbocycles. The van der Waals surface area contributed by atoms with Gasteiger partial charge in [-0.25, -0.2) is 0 Å². The number of H-pyrrole nitrogens is 1. The Morgan fingerprint density at radius 2 is 2.20 bits per heavy atom. The molecule has 1 aromatic rings. The summed E-state index contributed by atoms with van der Waals surface area (Å²) in [6, 6.07) is 4.02. The zero-order valence-corrected chi connectivity index (χ0v) is 9.15. The average molecular weight is 205 g/mol. The largest absolute Gasteiger partial charge is 0.360 e. The maximum atomic E-state index is 4.41. The average Bonchev–Trinajstić information content (AvgIpc) is 2.79. The Kier molecular flexibility index (Phi) is 3.97. The van der Waals surface area contributed by atoms with Gasteiger partial charge < -0.3 is 9.88 Å². The quantitative estimate of drug-likeness (QED) is 0.748. The van der Waals surface area contributed by atoms with Gasteiger partial charge in [0.15, 0.2) is 0 Å². The van der Waals surface area contributed by atoms with Gasteiger partial charge in [-0.05, 0) is 38.1 Å². The number of rotatable bonds is 4. The van der Waals surface area contributed by atoms with Gasteiger partial charge in [0.25, 0.3) is 0 Å². The van der Waals surface area contributed by atoms with Gasteiger partial charge in [0.1, 0.15) is 0 Å². The van der Waals surface area contributed by atoms with Crippen molar-refractivity contribution in [1.82, 2.24) is 9.88 Å². The van der Waals surface area contributed by atoms with E-state index in [2.05, 4.69) is 14.9 Å². The van der Waals surface area contributed by atoms with Crippen molar-refractivity contribution >= 4 is 6.21 Å². The molecule has 0 aromatic carbocycles. The molecule has 2 heterocycles. The Bertz CT molecular complexity index is 284. The minimum Gasteiger partial charge on any atom is -0.360 e. The number of likely N-dealkylation sites (tertiary alicyclic amines) is 1. The van der Waals surface area contributed by atoms with Crippen LogP contribution in [0, 0.1) is 0 Å². The van der Waals surface area contributed by atoms with Gasteiger partial charge in [-0.2, -0.15) is 0 Å². The SMILES string of the molecule is C(=N\CCN1CCCCC1)/c1ccc[nH]1. The second-order valence-corrected chi connectivity index (χ2v) is 4.06. The van der Waals surface area contributed by atoms with E-state index in [0.717, 1.165) is 18.8 Å². The van der Waals surface area contributed by atoms with Crippen molar-refractivity contribution in [3.05, 3.63) is 24.0 Å². The number of aliphatic imine (C=N–C) groups is 1. The monoisotopic (exact) mass is 205 g/mol. The van der Waals surface area contributed by atoms with Crippen molar-refractivity contribution in [2.45, 2.75) is 19.3 Å². The van der Waals surface area contributed by atoms with Crippen LogP contribution in [0.4, 0.5) is 0 Å². The lowest BCUT2D eigenvalue weighted by Crippen LogP contribution is -2.31. The summed E-state index contributed by atoms with van der Waals surface area (Å²) in [5, 5.41) is 0. The van der Waals surface area contributed by atoms with Crippen LogP contribution in [-0.2, 0) is 0 Å². The molecular formula is C12H19N3. The molecular weight excluding hydrogens is 186 g/mol. The Balaban J connectivity index is 1.65. The second-order valence-electron chi connectivity index (χ2n) is 4.06. The summed E-state index contributed by atoms with van der Waals surface area (Å²) >= 11 is 0. The smallest absolute Gasteiger partial charge is 0.0561 e. The summed E-state index contributed by atoms with van der Waals surface area (Å²) in [5.74, 6) is 0. The molecule has 15 heavy (non-hydrogen) atoms. The van der Waals surface area contributed by atoms with Crippen LogP contribution < -0.4 is 0 Å². The molecule has 3 nitrogen and oxygen atoms in total. The van der Waals surface area contributed by atoms with E-state index < -0.39 is 0 Å². The van der Waals surface area contributed by atoms with Crippen LogP contribution in [0.25, 0.3) is 0 Å². The Morgan fingerprint density at radius 1 is 1.33 bits per heavy atom. The van der Waals surface area contributed by atoms with Crippen molar-refractivity contribution in [3.8, 4) is 0 Å². The normalized spacial score (nSPS) is 18.7. The number of nitrogens with zero attached hydrogens (tertiary/aromatic N) is 2. The molecule has 1 aliphatic heterocycles.